The van der Waals surface area contributed by atoms with Gasteiger partial charge in [0.2, 0.25) is 0 Å². The van der Waals surface area contributed by atoms with Gasteiger partial charge < -0.3 is 0 Å². The third-order valence-electron chi connectivity index (χ3n) is 8.49. The number of rotatable bonds is 1. The van der Waals surface area contributed by atoms with Crippen molar-refractivity contribution in [2.45, 2.75) is 78.2 Å². The molecule has 4 unspecified atom stereocenters. The van der Waals surface area contributed by atoms with E-state index >= 15 is 0 Å². The molecule has 126 valence electrons. The van der Waals surface area contributed by atoms with Gasteiger partial charge in [-0.3, -0.25) is 0 Å². The van der Waals surface area contributed by atoms with Crippen molar-refractivity contribution in [3.8, 4) is 0 Å². The molecule has 3 heteroatoms. The number of nitrogens with zero attached hydrogens (tertiary/aromatic N) is 3. The van der Waals surface area contributed by atoms with Gasteiger partial charge in [0.05, 0.1) is 0 Å². The average Bonchev–Trinajstić information content (AvgIpc) is 2.85. The first kappa shape index (κ1) is 15.6. The van der Waals surface area contributed by atoms with Crippen LogP contribution in [0.5, 0.6) is 0 Å². The van der Waals surface area contributed by atoms with Crippen molar-refractivity contribution in [2.75, 3.05) is 0 Å². The lowest BCUT2D eigenvalue weighted by Crippen LogP contribution is -2.50. The Morgan fingerprint density at radius 3 is 2.74 bits per heavy atom. The van der Waals surface area contributed by atoms with Crippen LogP contribution in [0.3, 0.4) is 0 Å². The normalized spacial score (nSPS) is 51.8. The molecule has 3 nitrogen and oxygen atoms in total. The van der Waals surface area contributed by atoms with Crippen molar-refractivity contribution in [1.82, 2.24) is 0 Å². The summed E-state index contributed by atoms with van der Waals surface area (Å²) in [5, 5.41) is 4.19. The summed E-state index contributed by atoms with van der Waals surface area (Å²) < 4.78 is 0. The molecule has 0 aliphatic heterocycles. The fourth-order valence-electron chi connectivity index (χ4n) is 7.07. The van der Waals surface area contributed by atoms with E-state index < -0.39 is 0 Å². The molecule has 0 aromatic heterocycles. The summed E-state index contributed by atoms with van der Waals surface area (Å²) in [6.07, 6.45) is 13.0. The Hall–Kier alpha value is -0.950. The fourth-order valence-corrected chi connectivity index (χ4v) is 7.07. The van der Waals surface area contributed by atoms with Crippen LogP contribution in [0.4, 0.5) is 0 Å². The van der Waals surface area contributed by atoms with Crippen molar-refractivity contribution in [2.24, 2.45) is 39.6 Å². The second-order valence-corrected chi connectivity index (χ2v) is 9.45. The molecular weight excluding hydrogens is 282 g/mol. The molecule has 0 spiro atoms. The maximum Gasteiger partial charge on any atom is 0.0430 e. The zero-order valence-electron chi connectivity index (χ0n) is 15.0. The van der Waals surface area contributed by atoms with Crippen LogP contribution in [-0.2, 0) is 0 Å². The molecule has 7 atom stereocenters. The molecular formula is C20H31N3. The number of azide groups is 1. The van der Waals surface area contributed by atoms with Gasteiger partial charge in [-0.15, -0.1) is 0 Å². The lowest BCUT2D eigenvalue weighted by Gasteiger charge is -2.58. The summed E-state index contributed by atoms with van der Waals surface area (Å²) in [7, 11) is 0. The van der Waals surface area contributed by atoms with Crippen molar-refractivity contribution in [3.63, 3.8) is 0 Å². The Labute approximate surface area is 140 Å². The molecule has 4 aliphatic rings. The van der Waals surface area contributed by atoms with E-state index in [1.54, 1.807) is 5.57 Å². The highest BCUT2D eigenvalue weighted by molar-refractivity contribution is 5.25. The molecule has 0 heterocycles. The minimum Gasteiger partial charge on any atom is -0.0900 e. The molecule has 0 radical (unpaired) electrons. The first-order chi connectivity index (χ1) is 11.0. The van der Waals surface area contributed by atoms with Crippen LogP contribution in [0.2, 0.25) is 0 Å². The van der Waals surface area contributed by atoms with E-state index in [-0.39, 0.29) is 11.5 Å². The Bertz CT molecular complexity index is 575. The fraction of sp³-hybridized carbons (Fsp3) is 0.900. The molecule has 4 rings (SSSR count). The molecule has 0 bridgehead atoms. The molecule has 4 aliphatic carbocycles. The van der Waals surface area contributed by atoms with Crippen molar-refractivity contribution in [3.05, 3.63) is 22.1 Å². The molecule has 3 fully saturated rings. The first-order valence-electron chi connectivity index (χ1n) is 9.73. The highest BCUT2D eigenvalue weighted by atomic mass is 15.2. The third kappa shape index (κ3) is 2.12. The monoisotopic (exact) mass is 313 g/mol. The van der Waals surface area contributed by atoms with Crippen LogP contribution in [0.1, 0.15) is 72.1 Å². The van der Waals surface area contributed by atoms with Gasteiger partial charge in [-0.2, -0.15) is 0 Å². The van der Waals surface area contributed by atoms with Gasteiger partial charge in [0, 0.05) is 11.0 Å². The van der Waals surface area contributed by atoms with E-state index in [4.69, 9.17) is 5.53 Å². The maximum absolute atomic E-state index is 8.93. The zero-order valence-corrected chi connectivity index (χ0v) is 15.0. The Morgan fingerprint density at radius 1 is 1.13 bits per heavy atom. The molecule has 0 saturated heterocycles. The van der Waals surface area contributed by atoms with Crippen LogP contribution >= 0.6 is 0 Å². The lowest BCUT2D eigenvalue weighted by atomic mass is 9.47. The topological polar surface area (TPSA) is 48.8 Å². The lowest BCUT2D eigenvalue weighted by molar-refractivity contribution is -0.0328. The van der Waals surface area contributed by atoms with E-state index in [1.807, 2.05) is 0 Å². The second kappa shape index (κ2) is 5.28. The van der Waals surface area contributed by atoms with Gasteiger partial charge in [0.1, 0.15) is 0 Å². The predicted molar refractivity (Wildman–Crippen MR) is 93.8 cm³/mol. The molecule has 23 heavy (non-hydrogen) atoms. The van der Waals surface area contributed by atoms with Crippen LogP contribution in [0.25, 0.3) is 10.4 Å². The zero-order chi connectivity index (χ0) is 16.2. The van der Waals surface area contributed by atoms with Crippen molar-refractivity contribution in [1.29, 1.82) is 0 Å². The summed E-state index contributed by atoms with van der Waals surface area (Å²) >= 11 is 0. The van der Waals surface area contributed by atoms with Crippen LogP contribution in [0.15, 0.2) is 16.8 Å². The molecule has 0 aromatic carbocycles. The highest BCUT2D eigenvalue weighted by Crippen LogP contribution is 2.65. The molecule has 0 aromatic rings. The highest BCUT2D eigenvalue weighted by Gasteiger charge is 2.58. The molecule has 0 amide bonds. The Morgan fingerprint density at radius 2 is 1.96 bits per heavy atom. The summed E-state index contributed by atoms with van der Waals surface area (Å²) in [4.78, 5) is 3.16. The van der Waals surface area contributed by atoms with Crippen LogP contribution < -0.4 is 0 Å². The Kier molecular flexibility index (Phi) is 3.57. The quantitative estimate of drug-likeness (QED) is 0.237. The van der Waals surface area contributed by atoms with Gasteiger partial charge >= 0.3 is 0 Å². The number of fused-ring (bicyclic) bond motifs is 5. The first-order valence-corrected chi connectivity index (χ1v) is 9.73. The van der Waals surface area contributed by atoms with E-state index in [0.717, 1.165) is 30.1 Å². The smallest absolute Gasteiger partial charge is 0.0430 e. The maximum atomic E-state index is 8.93. The van der Waals surface area contributed by atoms with Crippen molar-refractivity contribution < 1.29 is 0 Å². The van der Waals surface area contributed by atoms with E-state index in [2.05, 4.69) is 36.9 Å². The summed E-state index contributed by atoms with van der Waals surface area (Å²) in [5.41, 5.74) is 11.4. The van der Waals surface area contributed by atoms with Crippen LogP contribution in [-0.4, -0.2) is 6.04 Å². The minimum atomic E-state index is 0.239. The number of hydrogen-bond acceptors (Lipinski definition) is 1. The molecule has 3 saturated carbocycles. The summed E-state index contributed by atoms with van der Waals surface area (Å²) in [5.74, 6) is 3.35. The van der Waals surface area contributed by atoms with Gasteiger partial charge in [0.25, 0.3) is 0 Å². The van der Waals surface area contributed by atoms with E-state index in [0.29, 0.717) is 5.41 Å². The van der Waals surface area contributed by atoms with E-state index in [9.17, 15) is 0 Å². The summed E-state index contributed by atoms with van der Waals surface area (Å²) in [6.45, 7) is 7.42. The minimum absolute atomic E-state index is 0.239. The van der Waals surface area contributed by atoms with E-state index in [1.165, 1.54) is 44.9 Å². The largest absolute Gasteiger partial charge is 0.0900 e. The summed E-state index contributed by atoms with van der Waals surface area (Å²) in [6, 6.07) is 0.239. The standard InChI is InChI=1S/C20H31N3/c1-13-8-10-19(2)14(12-13)4-5-15-16-6-7-18(22-23-21)20(16,3)11-9-17(15)19/h4,13,15-18H,5-12H2,1-3H3/t13-,15?,16?,17?,18?,19-,20-/m0/s1. The molecule has 0 N–H and O–H groups in total. The number of allylic oxidation sites excluding steroid dienone is 2. The van der Waals surface area contributed by atoms with Gasteiger partial charge in [-0.05, 0) is 91.4 Å². The SMILES string of the molecule is C[C@H]1CC[C@@]2(C)C(=CCC3C4CCC(N=[N+]=[N-])[C@@]4(C)CCC32)C1. The average molecular weight is 313 g/mol. The number of hydrogen-bond donors (Lipinski definition) is 0. The van der Waals surface area contributed by atoms with Gasteiger partial charge in [-0.1, -0.05) is 37.5 Å². The Balaban J connectivity index is 1.66. The third-order valence-corrected chi connectivity index (χ3v) is 8.49. The van der Waals surface area contributed by atoms with Crippen molar-refractivity contribution >= 4 is 0 Å². The van der Waals surface area contributed by atoms with Crippen LogP contribution in [0, 0.1) is 34.5 Å². The predicted octanol–water partition coefficient (Wildman–Crippen LogP) is 6.26. The second-order valence-electron chi connectivity index (χ2n) is 9.45. The van der Waals surface area contributed by atoms with Gasteiger partial charge in [0.15, 0.2) is 0 Å². The van der Waals surface area contributed by atoms with Gasteiger partial charge in [-0.25, -0.2) is 0 Å².